The third kappa shape index (κ3) is 2.51. The molecule has 0 aliphatic carbocycles. The minimum absolute atomic E-state index is 0.264. The van der Waals surface area contributed by atoms with Crippen LogP contribution in [0.4, 0.5) is 5.82 Å². The summed E-state index contributed by atoms with van der Waals surface area (Å²) in [6.45, 7) is 0. The lowest BCUT2D eigenvalue weighted by Crippen LogP contribution is -2.13. The van der Waals surface area contributed by atoms with Crippen LogP contribution in [0.25, 0.3) is 21.8 Å². The van der Waals surface area contributed by atoms with Gasteiger partial charge in [-0.2, -0.15) is 0 Å². The van der Waals surface area contributed by atoms with Crippen molar-refractivity contribution in [3.8, 4) is 0 Å². The lowest BCUT2D eigenvalue weighted by molar-refractivity contribution is 0.102. The zero-order valence-corrected chi connectivity index (χ0v) is 12.6. The summed E-state index contributed by atoms with van der Waals surface area (Å²) >= 11 is 5.79. The number of anilines is 1. The van der Waals surface area contributed by atoms with Gasteiger partial charge < -0.3 is 10.3 Å². The molecular weight excluding hydrogens is 312 g/mol. The van der Waals surface area contributed by atoms with Crippen molar-refractivity contribution in [3.05, 3.63) is 65.6 Å². The first-order valence-electron chi connectivity index (χ1n) is 7.00. The first-order chi connectivity index (χ1) is 11.2. The summed E-state index contributed by atoms with van der Waals surface area (Å²) in [6.07, 6.45) is 3.22. The minimum atomic E-state index is -0.264. The third-order valence-electron chi connectivity index (χ3n) is 3.58. The lowest BCUT2D eigenvalue weighted by Gasteiger charge is -2.02. The van der Waals surface area contributed by atoms with Crippen LogP contribution in [-0.4, -0.2) is 20.9 Å². The predicted octanol–water partition coefficient (Wildman–Crippen LogP) is 4.02. The molecule has 6 heteroatoms. The van der Waals surface area contributed by atoms with Gasteiger partial charge in [-0.05, 0) is 24.3 Å². The first kappa shape index (κ1) is 13.7. The molecule has 0 bridgehead atoms. The maximum Gasteiger partial charge on any atom is 0.273 e. The molecule has 1 aromatic carbocycles. The summed E-state index contributed by atoms with van der Waals surface area (Å²) < 4.78 is 0. The monoisotopic (exact) mass is 322 g/mol. The lowest BCUT2D eigenvalue weighted by atomic mass is 10.1. The van der Waals surface area contributed by atoms with Crippen LogP contribution < -0.4 is 5.32 Å². The van der Waals surface area contributed by atoms with Crippen molar-refractivity contribution >= 4 is 45.1 Å². The molecule has 1 amide bonds. The zero-order valence-electron chi connectivity index (χ0n) is 11.9. The van der Waals surface area contributed by atoms with E-state index in [4.69, 9.17) is 11.6 Å². The van der Waals surface area contributed by atoms with Gasteiger partial charge >= 0.3 is 0 Å². The fraction of sp³-hybridized carbons (Fsp3) is 0. The Morgan fingerprint density at radius 3 is 2.78 bits per heavy atom. The van der Waals surface area contributed by atoms with Gasteiger partial charge in [0.05, 0.1) is 16.1 Å². The van der Waals surface area contributed by atoms with E-state index in [1.165, 1.54) is 6.20 Å². The van der Waals surface area contributed by atoms with Crippen molar-refractivity contribution < 1.29 is 4.79 Å². The van der Waals surface area contributed by atoms with Crippen molar-refractivity contribution in [2.75, 3.05) is 5.32 Å². The van der Waals surface area contributed by atoms with Crippen LogP contribution in [0.5, 0.6) is 0 Å². The van der Waals surface area contributed by atoms with Crippen molar-refractivity contribution in [3.63, 3.8) is 0 Å². The maximum absolute atomic E-state index is 12.4. The number of amides is 1. The van der Waals surface area contributed by atoms with E-state index < -0.39 is 0 Å². The number of halogens is 1. The zero-order chi connectivity index (χ0) is 15.8. The van der Waals surface area contributed by atoms with E-state index in [0.29, 0.717) is 16.5 Å². The highest BCUT2D eigenvalue weighted by Crippen LogP contribution is 2.24. The van der Waals surface area contributed by atoms with Crippen LogP contribution in [0.1, 0.15) is 10.5 Å². The van der Waals surface area contributed by atoms with E-state index in [9.17, 15) is 4.79 Å². The van der Waals surface area contributed by atoms with Crippen LogP contribution in [0.2, 0.25) is 5.02 Å². The normalized spacial score (nSPS) is 11.0. The maximum atomic E-state index is 12.4. The van der Waals surface area contributed by atoms with E-state index in [-0.39, 0.29) is 5.91 Å². The number of hydrogen-bond donors (Lipinski definition) is 2. The molecule has 0 unspecified atom stereocenters. The molecule has 0 fully saturated rings. The van der Waals surface area contributed by atoms with Crippen LogP contribution in [0, 0.1) is 0 Å². The Kier molecular flexibility index (Phi) is 3.20. The number of nitrogens with zero attached hydrogens (tertiary/aromatic N) is 2. The van der Waals surface area contributed by atoms with Gasteiger partial charge in [-0.25, -0.2) is 4.98 Å². The molecule has 4 rings (SSSR count). The van der Waals surface area contributed by atoms with E-state index in [2.05, 4.69) is 20.3 Å². The summed E-state index contributed by atoms with van der Waals surface area (Å²) in [6, 6.07) is 13.0. The van der Waals surface area contributed by atoms with Crippen molar-refractivity contribution in [1.29, 1.82) is 0 Å². The molecule has 112 valence electrons. The number of nitrogens with one attached hydrogen (secondary N) is 2. The first-order valence-corrected chi connectivity index (χ1v) is 7.38. The Morgan fingerprint density at radius 1 is 1.09 bits per heavy atom. The Balaban J connectivity index is 1.72. The van der Waals surface area contributed by atoms with Gasteiger partial charge in [0, 0.05) is 23.2 Å². The summed E-state index contributed by atoms with van der Waals surface area (Å²) in [5.74, 6) is 0.182. The van der Waals surface area contributed by atoms with Crippen molar-refractivity contribution in [2.24, 2.45) is 0 Å². The number of rotatable bonds is 2. The molecule has 23 heavy (non-hydrogen) atoms. The van der Waals surface area contributed by atoms with Gasteiger partial charge in [0.25, 0.3) is 5.91 Å². The standard InChI is InChI=1S/C17H11ClN4O/c18-12-5-6-14(20-9-12)22-17(23)13-8-11-4-3-10-2-1-7-19-15(10)16(11)21-13/h1-9,21H,(H,20,22,23). The second kappa shape index (κ2) is 5.37. The Bertz CT molecular complexity index is 1020. The van der Waals surface area contributed by atoms with Crippen LogP contribution in [0.3, 0.4) is 0 Å². The molecule has 5 nitrogen and oxygen atoms in total. The quantitative estimate of drug-likeness (QED) is 0.585. The highest BCUT2D eigenvalue weighted by Gasteiger charge is 2.12. The van der Waals surface area contributed by atoms with Crippen LogP contribution in [-0.2, 0) is 0 Å². The summed E-state index contributed by atoms with van der Waals surface area (Å²) in [5, 5.41) is 5.21. The highest BCUT2D eigenvalue weighted by atomic mass is 35.5. The molecule has 4 aromatic rings. The molecule has 0 spiro atoms. The van der Waals surface area contributed by atoms with Crippen molar-refractivity contribution in [2.45, 2.75) is 0 Å². The number of carbonyl (C=O) groups excluding carboxylic acids is 1. The molecule has 0 saturated heterocycles. The van der Waals surface area contributed by atoms with Gasteiger partial charge in [0.15, 0.2) is 0 Å². The second-order valence-electron chi connectivity index (χ2n) is 5.10. The Morgan fingerprint density at radius 2 is 1.96 bits per heavy atom. The van der Waals surface area contributed by atoms with E-state index in [1.54, 1.807) is 24.4 Å². The van der Waals surface area contributed by atoms with Gasteiger partial charge in [0.2, 0.25) is 0 Å². The van der Waals surface area contributed by atoms with Gasteiger partial charge in [-0.1, -0.05) is 29.8 Å². The Labute approximate surface area is 136 Å². The van der Waals surface area contributed by atoms with E-state index >= 15 is 0 Å². The fourth-order valence-electron chi connectivity index (χ4n) is 2.49. The summed E-state index contributed by atoms with van der Waals surface area (Å²) in [7, 11) is 0. The summed E-state index contributed by atoms with van der Waals surface area (Å²) in [4.78, 5) is 24.0. The SMILES string of the molecule is O=C(Nc1ccc(Cl)cn1)c1cc2ccc3cccnc3c2[nH]1. The molecule has 3 heterocycles. The van der Waals surface area contributed by atoms with E-state index in [0.717, 1.165) is 21.8 Å². The average Bonchev–Trinajstić information content (AvgIpc) is 3.02. The average molecular weight is 323 g/mol. The number of aromatic amines is 1. The third-order valence-corrected chi connectivity index (χ3v) is 3.80. The minimum Gasteiger partial charge on any atom is -0.349 e. The number of H-pyrrole nitrogens is 1. The molecule has 0 aliphatic rings. The second-order valence-corrected chi connectivity index (χ2v) is 5.54. The molecule has 0 atom stereocenters. The van der Waals surface area contributed by atoms with Crippen LogP contribution >= 0.6 is 11.6 Å². The highest BCUT2D eigenvalue weighted by molar-refractivity contribution is 6.30. The number of fused-ring (bicyclic) bond motifs is 3. The fourth-order valence-corrected chi connectivity index (χ4v) is 2.61. The van der Waals surface area contributed by atoms with Crippen LogP contribution in [0.15, 0.2) is 54.9 Å². The smallest absolute Gasteiger partial charge is 0.273 e. The van der Waals surface area contributed by atoms with E-state index in [1.807, 2.05) is 24.3 Å². The topological polar surface area (TPSA) is 70.7 Å². The molecular formula is C17H11ClN4O. The molecule has 3 aromatic heterocycles. The number of benzene rings is 1. The van der Waals surface area contributed by atoms with Gasteiger partial charge in [0.1, 0.15) is 11.5 Å². The largest absolute Gasteiger partial charge is 0.349 e. The molecule has 2 N–H and O–H groups in total. The summed E-state index contributed by atoms with van der Waals surface area (Å²) in [5.41, 5.74) is 2.14. The predicted molar refractivity (Wildman–Crippen MR) is 90.8 cm³/mol. The van der Waals surface area contributed by atoms with Gasteiger partial charge in [-0.3, -0.25) is 9.78 Å². The number of aromatic nitrogens is 3. The van der Waals surface area contributed by atoms with Gasteiger partial charge in [-0.15, -0.1) is 0 Å². The number of hydrogen-bond acceptors (Lipinski definition) is 3. The number of carbonyl (C=O) groups is 1. The van der Waals surface area contributed by atoms with Crippen molar-refractivity contribution in [1.82, 2.24) is 15.0 Å². The Hall–Kier alpha value is -2.92. The molecule has 0 aliphatic heterocycles. The number of pyridine rings is 2. The molecule has 0 saturated carbocycles. The molecule has 0 radical (unpaired) electrons.